The van der Waals surface area contributed by atoms with Crippen molar-refractivity contribution in [1.29, 1.82) is 0 Å². The third-order valence-electron chi connectivity index (χ3n) is 6.17. The molecule has 2 aliphatic heterocycles. The molecule has 0 aromatic carbocycles. The smallest absolute Gasteiger partial charge is 0.417 e. The first-order valence-corrected chi connectivity index (χ1v) is 10.6. The highest BCUT2D eigenvalue weighted by Crippen LogP contribution is 2.31. The van der Waals surface area contributed by atoms with Crippen LogP contribution >= 0.6 is 0 Å². The number of carbonyl (C=O) groups excluding carboxylic acids is 1. The van der Waals surface area contributed by atoms with E-state index in [0.29, 0.717) is 37.4 Å². The van der Waals surface area contributed by atoms with E-state index in [0.717, 1.165) is 36.5 Å². The fourth-order valence-electron chi connectivity index (χ4n) is 4.41. The summed E-state index contributed by atoms with van der Waals surface area (Å²) in [4.78, 5) is 33.3. The van der Waals surface area contributed by atoms with Gasteiger partial charge in [0, 0.05) is 37.6 Å². The van der Waals surface area contributed by atoms with Crippen molar-refractivity contribution in [3.63, 3.8) is 0 Å². The van der Waals surface area contributed by atoms with Crippen LogP contribution in [-0.2, 0) is 4.74 Å². The van der Waals surface area contributed by atoms with Crippen molar-refractivity contribution in [2.45, 2.75) is 37.8 Å². The maximum atomic E-state index is 12.9. The molecule has 5 rings (SSSR count). The Balaban J connectivity index is 1.36. The number of amides is 1. The van der Waals surface area contributed by atoms with Gasteiger partial charge in [-0.3, -0.25) is 4.79 Å². The Kier molecular flexibility index (Phi) is 5.08. The number of pyridine rings is 1. The van der Waals surface area contributed by atoms with Crippen LogP contribution < -0.4 is 4.74 Å². The molecule has 2 aromatic heterocycles. The topological polar surface area (TPSA) is 97.1 Å². The number of aromatic nitrogens is 2. The molecule has 1 amide bonds. The number of likely N-dealkylation sites (tertiary alicyclic amines) is 1. The molecular weight excluding hydrogens is 388 g/mol. The van der Waals surface area contributed by atoms with Crippen LogP contribution in [0.3, 0.4) is 0 Å². The zero-order chi connectivity index (χ0) is 20.7. The largest absolute Gasteiger partial charge is 0.489 e. The van der Waals surface area contributed by atoms with Crippen LogP contribution in [0.15, 0.2) is 18.3 Å². The maximum Gasteiger partial charge on any atom is 0.417 e. The molecule has 2 aromatic rings. The van der Waals surface area contributed by atoms with E-state index in [1.165, 1.54) is 12.8 Å². The monoisotopic (exact) mass is 414 g/mol. The van der Waals surface area contributed by atoms with Crippen molar-refractivity contribution < 1.29 is 24.2 Å². The van der Waals surface area contributed by atoms with E-state index in [-0.39, 0.29) is 23.4 Å². The van der Waals surface area contributed by atoms with Gasteiger partial charge in [-0.25, -0.2) is 14.3 Å². The number of hydrogen-bond donors (Lipinski definition) is 1. The summed E-state index contributed by atoms with van der Waals surface area (Å²) in [5.41, 5.74) is 0.344. The number of rotatable bonds is 4. The number of ether oxygens (including phenoxy) is 2. The minimum atomic E-state index is -1.23. The van der Waals surface area contributed by atoms with Crippen molar-refractivity contribution in [2.75, 3.05) is 39.4 Å². The Bertz CT molecular complexity index is 956. The Morgan fingerprint density at radius 1 is 1.07 bits per heavy atom. The van der Waals surface area contributed by atoms with Gasteiger partial charge < -0.3 is 24.4 Å². The standard InChI is InChI=1S/C21H26N4O5/c26-20(24-7-9-29-10-8-24)18-12-14-11-17(13-22-19(14)25(18)21(27)28)30-16-3-5-23(6-4-16)15-1-2-15/h11-13,15-16H,1-10H2,(H,27,28). The van der Waals surface area contributed by atoms with Crippen LogP contribution in [0.25, 0.3) is 11.0 Å². The summed E-state index contributed by atoms with van der Waals surface area (Å²) >= 11 is 0. The van der Waals surface area contributed by atoms with Gasteiger partial charge >= 0.3 is 6.09 Å². The number of morpholine rings is 1. The molecule has 1 aliphatic carbocycles. The first kappa shape index (κ1) is 19.3. The second-order valence-corrected chi connectivity index (χ2v) is 8.22. The zero-order valence-corrected chi connectivity index (χ0v) is 16.8. The highest BCUT2D eigenvalue weighted by atomic mass is 16.5. The van der Waals surface area contributed by atoms with Crippen LogP contribution in [0.4, 0.5) is 4.79 Å². The Labute approximate surface area is 174 Å². The third-order valence-corrected chi connectivity index (χ3v) is 6.17. The second-order valence-electron chi connectivity index (χ2n) is 8.22. The molecule has 160 valence electrons. The number of carboxylic acid groups (broad SMARTS) is 1. The third kappa shape index (κ3) is 3.75. The van der Waals surface area contributed by atoms with Gasteiger partial charge in [0.15, 0.2) is 0 Å². The molecule has 0 bridgehead atoms. The van der Waals surface area contributed by atoms with E-state index in [9.17, 15) is 14.7 Å². The highest BCUT2D eigenvalue weighted by molar-refractivity contribution is 6.02. The molecule has 1 saturated carbocycles. The van der Waals surface area contributed by atoms with E-state index in [4.69, 9.17) is 9.47 Å². The molecule has 9 heteroatoms. The number of piperidine rings is 1. The molecule has 0 radical (unpaired) electrons. The number of hydrogen-bond acceptors (Lipinski definition) is 6. The summed E-state index contributed by atoms with van der Waals surface area (Å²) in [5.74, 6) is 0.286. The van der Waals surface area contributed by atoms with Gasteiger partial charge in [-0.15, -0.1) is 0 Å². The predicted molar refractivity (Wildman–Crippen MR) is 108 cm³/mol. The van der Waals surface area contributed by atoms with E-state index in [1.54, 1.807) is 23.2 Å². The summed E-state index contributed by atoms with van der Waals surface area (Å²) in [6.45, 7) is 3.91. The van der Waals surface area contributed by atoms with Gasteiger partial charge in [0.05, 0.1) is 19.4 Å². The first-order valence-electron chi connectivity index (χ1n) is 10.6. The molecule has 3 fully saturated rings. The Morgan fingerprint density at radius 3 is 2.47 bits per heavy atom. The molecule has 4 heterocycles. The van der Waals surface area contributed by atoms with Crippen LogP contribution in [0.2, 0.25) is 0 Å². The van der Waals surface area contributed by atoms with E-state index >= 15 is 0 Å². The summed E-state index contributed by atoms with van der Waals surface area (Å²) < 4.78 is 12.4. The van der Waals surface area contributed by atoms with Gasteiger partial charge in [-0.05, 0) is 37.8 Å². The maximum absolute atomic E-state index is 12.9. The minimum absolute atomic E-state index is 0.0989. The van der Waals surface area contributed by atoms with Crippen molar-refractivity contribution in [3.05, 3.63) is 24.0 Å². The second kappa shape index (κ2) is 7.88. The average Bonchev–Trinajstić information content (AvgIpc) is 3.54. The fourth-order valence-corrected chi connectivity index (χ4v) is 4.41. The highest BCUT2D eigenvalue weighted by Gasteiger charge is 2.32. The Hall–Kier alpha value is -2.65. The molecule has 2 saturated heterocycles. The molecule has 0 spiro atoms. The lowest BCUT2D eigenvalue weighted by Gasteiger charge is -2.32. The molecule has 0 unspecified atom stereocenters. The Morgan fingerprint density at radius 2 is 1.80 bits per heavy atom. The van der Waals surface area contributed by atoms with Crippen LogP contribution in [0.1, 0.15) is 36.2 Å². The molecule has 1 N–H and O–H groups in total. The lowest BCUT2D eigenvalue weighted by Crippen LogP contribution is -2.41. The lowest BCUT2D eigenvalue weighted by molar-refractivity contribution is 0.0296. The summed E-state index contributed by atoms with van der Waals surface area (Å²) in [6.07, 6.45) is 5.05. The van der Waals surface area contributed by atoms with Crippen LogP contribution in [0, 0.1) is 0 Å². The van der Waals surface area contributed by atoms with Crippen molar-refractivity contribution in [2.24, 2.45) is 0 Å². The van der Waals surface area contributed by atoms with E-state index < -0.39 is 6.09 Å². The lowest BCUT2D eigenvalue weighted by atomic mass is 10.1. The van der Waals surface area contributed by atoms with Crippen LogP contribution in [-0.4, -0.2) is 88.0 Å². The fraction of sp³-hybridized carbons (Fsp3) is 0.571. The quantitative estimate of drug-likeness (QED) is 0.818. The van der Waals surface area contributed by atoms with E-state index in [1.807, 2.05) is 0 Å². The molecule has 3 aliphatic rings. The van der Waals surface area contributed by atoms with Crippen LogP contribution in [0.5, 0.6) is 5.75 Å². The molecular formula is C21H26N4O5. The molecule has 9 nitrogen and oxygen atoms in total. The molecule has 0 atom stereocenters. The SMILES string of the molecule is O=C(c1cc2cc(OC3CCN(C4CC4)CC3)cnc2n1C(=O)O)N1CCOCC1. The predicted octanol–water partition coefficient (Wildman–Crippen LogP) is 2.04. The summed E-state index contributed by atoms with van der Waals surface area (Å²) in [5, 5.41) is 10.3. The van der Waals surface area contributed by atoms with E-state index in [2.05, 4.69) is 9.88 Å². The van der Waals surface area contributed by atoms with Gasteiger partial charge in [0.25, 0.3) is 5.91 Å². The van der Waals surface area contributed by atoms with Gasteiger partial charge in [-0.1, -0.05) is 0 Å². The van der Waals surface area contributed by atoms with Gasteiger partial charge in [-0.2, -0.15) is 0 Å². The van der Waals surface area contributed by atoms with Gasteiger partial charge in [0.1, 0.15) is 23.2 Å². The summed E-state index contributed by atoms with van der Waals surface area (Å²) in [6, 6.07) is 4.16. The summed E-state index contributed by atoms with van der Waals surface area (Å²) in [7, 11) is 0. The number of fused-ring (bicyclic) bond motifs is 1. The number of carbonyl (C=O) groups is 2. The minimum Gasteiger partial charge on any atom is -0.489 e. The van der Waals surface area contributed by atoms with Crippen molar-refractivity contribution in [1.82, 2.24) is 19.4 Å². The van der Waals surface area contributed by atoms with Crippen molar-refractivity contribution in [3.8, 4) is 5.75 Å². The van der Waals surface area contributed by atoms with Crippen molar-refractivity contribution >= 4 is 23.0 Å². The number of nitrogens with zero attached hydrogens (tertiary/aromatic N) is 4. The molecule has 30 heavy (non-hydrogen) atoms. The normalized spacial score (nSPS) is 21.1. The van der Waals surface area contributed by atoms with Gasteiger partial charge in [0.2, 0.25) is 0 Å². The first-order chi connectivity index (χ1) is 14.6. The average molecular weight is 414 g/mol. The zero-order valence-electron chi connectivity index (χ0n) is 16.8.